The van der Waals surface area contributed by atoms with Crippen LogP contribution in [0.15, 0.2) is 35.5 Å². The summed E-state index contributed by atoms with van der Waals surface area (Å²) in [6.07, 6.45) is 4.62. The van der Waals surface area contributed by atoms with Crippen LogP contribution < -0.4 is 10.6 Å². The number of nitrogens with one attached hydrogen (secondary N) is 2. The number of aryl methyl sites for hydroxylation is 1. The Kier molecular flexibility index (Phi) is 10.4. The third-order valence-electron chi connectivity index (χ3n) is 5.01. The molecule has 1 fully saturated rings. The summed E-state index contributed by atoms with van der Waals surface area (Å²) in [4.78, 5) is 12.9. The largest absolute Gasteiger partial charge is 0.357 e. The van der Waals surface area contributed by atoms with Crippen molar-refractivity contribution in [2.24, 2.45) is 10.9 Å². The van der Waals surface area contributed by atoms with Crippen molar-refractivity contribution in [3.05, 3.63) is 51.5 Å². The molecule has 1 unspecified atom stereocenters. The van der Waals surface area contributed by atoms with Crippen molar-refractivity contribution >= 4 is 41.3 Å². The summed E-state index contributed by atoms with van der Waals surface area (Å²) in [6, 6.07) is 8.92. The molecular weight excluding hydrogens is 493 g/mol. The lowest BCUT2D eigenvalue weighted by Gasteiger charge is -2.30. The predicted molar refractivity (Wildman–Crippen MR) is 134 cm³/mol. The highest BCUT2D eigenvalue weighted by Crippen LogP contribution is 2.18. The number of thiazole rings is 1. The fourth-order valence-corrected chi connectivity index (χ4v) is 4.32. The zero-order valence-corrected chi connectivity index (χ0v) is 20.9. The van der Waals surface area contributed by atoms with Crippen LogP contribution in [0.3, 0.4) is 0 Å². The van der Waals surface area contributed by atoms with Crippen molar-refractivity contribution in [2.75, 3.05) is 19.6 Å². The van der Waals surface area contributed by atoms with Crippen molar-refractivity contribution < 1.29 is 0 Å². The molecular formula is C22H34IN5S. The van der Waals surface area contributed by atoms with Gasteiger partial charge in [-0.05, 0) is 50.3 Å². The summed E-state index contributed by atoms with van der Waals surface area (Å²) < 4.78 is 0. The topological polar surface area (TPSA) is 52.6 Å². The monoisotopic (exact) mass is 527 g/mol. The molecule has 1 aliphatic heterocycles. The summed E-state index contributed by atoms with van der Waals surface area (Å²) in [6.45, 7) is 12.3. The standard InChI is InChI=1S/C22H33N5S.HI/c1-4-23-22(26-14-21-24-12-18(3)28-21)25-13-19-7-9-20(10-8-19)16-27-11-5-6-17(2)15-27;/h7-10,12,17H,4-6,11,13-16H2,1-3H3,(H2,23,25,26);1H. The highest BCUT2D eigenvalue weighted by molar-refractivity contribution is 14.0. The number of nitrogens with zero attached hydrogens (tertiary/aromatic N) is 3. The van der Waals surface area contributed by atoms with E-state index in [1.165, 1.54) is 41.9 Å². The minimum atomic E-state index is 0. The molecule has 1 atom stereocenters. The van der Waals surface area contributed by atoms with Crippen LogP contribution in [0.25, 0.3) is 0 Å². The summed E-state index contributed by atoms with van der Waals surface area (Å²) in [7, 11) is 0. The van der Waals surface area contributed by atoms with Gasteiger partial charge in [-0.15, -0.1) is 35.3 Å². The van der Waals surface area contributed by atoms with Gasteiger partial charge in [-0.1, -0.05) is 31.2 Å². The van der Waals surface area contributed by atoms with Crippen LogP contribution in [-0.4, -0.2) is 35.5 Å². The van der Waals surface area contributed by atoms with Gasteiger partial charge < -0.3 is 10.6 Å². The van der Waals surface area contributed by atoms with Crippen molar-refractivity contribution in [1.82, 2.24) is 20.5 Å². The first-order valence-corrected chi connectivity index (χ1v) is 11.2. The molecule has 29 heavy (non-hydrogen) atoms. The molecule has 3 rings (SSSR count). The van der Waals surface area contributed by atoms with Gasteiger partial charge in [0.15, 0.2) is 5.96 Å². The molecule has 2 aromatic rings. The maximum Gasteiger partial charge on any atom is 0.191 e. The normalized spacial score (nSPS) is 17.6. The maximum atomic E-state index is 4.72. The van der Waals surface area contributed by atoms with Gasteiger partial charge >= 0.3 is 0 Å². The molecule has 0 radical (unpaired) electrons. The van der Waals surface area contributed by atoms with E-state index in [4.69, 9.17) is 4.99 Å². The lowest BCUT2D eigenvalue weighted by atomic mass is 9.99. The molecule has 1 aliphatic rings. The van der Waals surface area contributed by atoms with Gasteiger partial charge in [0.25, 0.3) is 0 Å². The zero-order chi connectivity index (χ0) is 19.8. The molecule has 2 heterocycles. The van der Waals surface area contributed by atoms with Crippen molar-refractivity contribution in [3.8, 4) is 0 Å². The number of benzene rings is 1. The maximum absolute atomic E-state index is 4.72. The molecule has 0 bridgehead atoms. The van der Waals surface area contributed by atoms with Crippen LogP contribution in [0.1, 0.15) is 47.7 Å². The lowest BCUT2D eigenvalue weighted by molar-refractivity contribution is 0.176. The third kappa shape index (κ3) is 8.22. The highest BCUT2D eigenvalue weighted by Gasteiger charge is 2.16. The minimum absolute atomic E-state index is 0. The van der Waals surface area contributed by atoms with E-state index in [-0.39, 0.29) is 24.0 Å². The van der Waals surface area contributed by atoms with Gasteiger partial charge in [0, 0.05) is 30.7 Å². The Morgan fingerprint density at radius 2 is 2.00 bits per heavy atom. The molecule has 0 saturated carbocycles. The number of piperidine rings is 1. The fourth-order valence-electron chi connectivity index (χ4n) is 3.59. The second-order valence-electron chi connectivity index (χ2n) is 7.71. The predicted octanol–water partition coefficient (Wildman–Crippen LogP) is 4.56. The van der Waals surface area contributed by atoms with E-state index in [1.807, 2.05) is 6.20 Å². The van der Waals surface area contributed by atoms with Gasteiger partial charge in [-0.25, -0.2) is 9.98 Å². The average molecular weight is 528 g/mol. The Balaban J connectivity index is 0.00000300. The zero-order valence-electron chi connectivity index (χ0n) is 17.8. The van der Waals surface area contributed by atoms with E-state index in [9.17, 15) is 0 Å². The van der Waals surface area contributed by atoms with Crippen LogP contribution in [0.2, 0.25) is 0 Å². The third-order valence-corrected chi connectivity index (χ3v) is 5.92. The van der Waals surface area contributed by atoms with Gasteiger partial charge in [-0.2, -0.15) is 0 Å². The van der Waals surface area contributed by atoms with Crippen LogP contribution in [0.5, 0.6) is 0 Å². The summed E-state index contributed by atoms with van der Waals surface area (Å²) >= 11 is 1.72. The van der Waals surface area contributed by atoms with Crippen molar-refractivity contribution in [2.45, 2.75) is 53.2 Å². The van der Waals surface area contributed by atoms with Crippen molar-refractivity contribution in [3.63, 3.8) is 0 Å². The molecule has 0 aliphatic carbocycles. The second kappa shape index (κ2) is 12.5. The molecule has 1 aromatic carbocycles. The van der Waals surface area contributed by atoms with E-state index >= 15 is 0 Å². The van der Waals surface area contributed by atoms with Crippen LogP contribution in [0, 0.1) is 12.8 Å². The highest BCUT2D eigenvalue weighted by atomic mass is 127. The van der Waals surface area contributed by atoms with Gasteiger partial charge in [-0.3, -0.25) is 4.90 Å². The summed E-state index contributed by atoms with van der Waals surface area (Å²) in [5, 5.41) is 7.76. The van der Waals surface area contributed by atoms with Gasteiger partial charge in [0.05, 0.1) is 13.1 Å². The molecule has 5 nitrogen and oxygen atoms in total. The smallest absolute Gasteiger partial charge is 0.191 e. The first kappa shape index (κ1) is 24.1. The Morgan fingerprint density at radius 3 is 2.66 bits per heavy atom. The van der Waals surface area contributed by atoms with Crippen LogP contribution in [-0.2, 0) is 19.6 Å². The van der Waals surface area contributed by atoms with Gasteiger partial charge in [0.2, 0.25) is 0 Å². The second-order valence-corrected chi connectivity index (χ2v) is 9.03. The van der Waals surface area contributed by atoms with Gasteiger partial charge in [0.1, 0.15) is 5.01 Å². The molecule has 1 aromatic heterocycles. The molecule has 2 N–H and O–H groups in total. The number of hydrogen-bond acceptors (Lipinski definition) is 4. The Morgan fingerprint density at radius 1 is 1.24 bits per heavy atom. The van der Waals surface area contributed by atoms with E-state index < -0.39 is 0 Å². The quantitative estimate of drug-likeness (QED) is 0.315. The average Bonchev–Trinajstić information content (AvgIpc) is 3.10. The lowest BCUT2D eigenvalue weighted by Crippen LogP contribution is -2.36. The number of aromatic nitrogens is 1. The van der Waals surface area contributed by atoms with Crippen molar-refractivity contribution in [1.29, 1.82) is 0 Å². The number of halogens is 1. The molecule has 0 spiro atoms. The van der Waals surface area contributed by atoms with Crippen LogP contribution >= 0.6 is 35.3 Å². The Bertz CT molecular complexity index is 759. The van der Waals surface area contributed by atoms with Crippen LogP contribution in [0.4, 0.5) is 0 Å². The first-order valence-electron chi connectivity index (χ1n) is 10.4. The van der Waals surface area contributed by atoms with E-state index in [1.54, 1.807) is 11.3 Å². The SMILES string of the molecule is CCNC(=NCc1ccc(CN2CCCC(C)C2)cc1)NCc1ncc(C)s1.I. The number of likely N-dealkylation sites (tertiary alicyclic amines) is 1. The molecule has 1 saturated heterocycles. The minimum Gasteiger partial charge on any atom is -0.357 e. The van der Waals surface area contributed by atoms with E-state index in [0.717, 1.165) is 30.0 Å². The number of guanidine groups is 1. The first-order chi connectivity index (χ1) is 13.6. The number of aliphatic imine (C=N–C) groups is 1. The van der Waals surface area contributed by atoms with E-state index in [2.05, 4.69) is 65.6 Å². The number of hydrogen-bond donors (Lipinski definition) is 2. The Labute approximate surface area is 196 Å². The summed E-state index contributed by atoms with van der Waals surface area (Å²) in [5.74, 6) is 1.66. The fraction of sp³-hybridized carbons (Fsp3) is 0.545. The van der Waals surface area contributed by atoms with E-state index in [0.29, 0.717) is 13.1 Å². The molecule has 160 valence electrons. The molecule has 0 amide bonds. The number of rotatable bonds is 7. The molecule has 7 heteroatoms. The summed E-state index contributed by atoms with van der Waals surface area (Å²) in [5.41, 5.74) is 2.63. The Hall–Kier alpha value is -1.19.